The molecule has 0 amide bonds. The lowest BCUT2D eigenvalue weighted by atomic mass is 10.2. The van der Waals surface area contributed by atoms with E-state index >= 15 is 0 Å². The zero-order chi connectivity index (χ0) is 18.4. The number of aromatic nitrogens is 4. The number of nitrogens with zero attached hydrogens (tertiary/aromatic N) is 4. The molecular weight excluding hydrogens is 360 g/mol. The second kappa shape index (κ2) is 8.66. The molecule has 1 aromatic carbocycles. The molecule has 0 atom stereocenters. The lowest BCUT2D eigenvalue weighted by Gasteiger charge is -2.09. The minimum atomic E-state index is -0.501. The topological polar surface area (TPSA) is 88.4 Å². The Hall–Kier alpha value is -2.61. The number of esters is 1. The van der Waals surface area contributed by atoms with Crippen molar-refractivity contribution in [2.24, 2.45) is 0 Å². The van der Waals surface area contributed by atoms with Crippen molar-refractivity contribution in [3.8, 4) is 11.5 Å². The van der Waals surface area contributed by atoms with Gasteiger partial charge < -0.3 is 14.2 Å². The third kappa shape index (κ3) is 4.51. The van der Waals surface area contributed by atoms with E-state index in [1.165, 1.54) is 6.08 Å². The lowest BCUT2D eigenvalue weighted by molar-refractivity contribution is -0.139. The molecule has 0 aliphatic carbocycles. The van der Waals surface area contributed by atoms with Crippen LogP contribution in [-0.2, 0) is 22.7 Å². The summed E-state index contributed by atoms with van der Waals surface area (Å²) in [6.07, 6.45) is 4.61. The summed E-state index contributed by atoms with van der Waals surface area (Å²) in [7, 11) is 0. The second-order valence-electron chi connectivity index (χ2n) is 5.64. The van der Waals surface area contributed by atoms with Crippen LogP contribution in [0.5, 0.6) is 11.5 Å². The average molecular weight is 379 g/mol. The molecule has 138 valence electrons. The van der Waals surface area contributed by atoms with Crippen molar-refractivity contribution < 1.29 is 19.0 Å². The molecule has 0 radical (unpaired) electrons. The van der Waals surface area contributed by atoms with Crippen molar-refractivity contribution in [3.63, 3.8) is 0 Å². The Bertz CT molecular complexity index is 806. The molecule has 0 fully saturated rings. The summed E-state index contributed by atoms with van der Waals surface area (Å²) in [6, 6.07) is 3.48. The van der Waals surface area contributed by atoms with Crippen LogP contribution in [0, 0.1) is 0 Å². The molecule has 1 aliphatic heterocycles. The molecule has 2 aromatic rings. The summed E-state index contributed by atoms with van der Waals surface area (Å²) < 4.78 is 18.0. The molecule has 8 nitrogen and oxygen atoms in total. The summed E-state index contributed by atoms with van der Waals surface area (Å²) in [4.78, 5) is 11.9. The van der Waals surface area contributed by atoms with Gasteiger partial charge in [0.2, 0.25) is 0 Å². The minimum absolute atomic E-state index is 0.0120. The fourth-order valence-corrected chi connectivity index (χ4v) is 2.68. The largest absolute Gasteiger partial charge is 0.489 e. The fourth-order valence-electron chi connectivity index (χ4n) is 2.41. The van der Waals surface area contributed by atoms with Crippen molar-refractivity contribution >= 4 is 23.6 Å². The highest BCUT2D eigenvalue weighted by molar-refractivity contribution is 6.32. The monoisotopic (exact) mass is 378 g/mol. The number of halogens is 1. The predicted molar refractivity (Wildman–Crippen MR) is 94.0 cm³/mol. The molecule has 0 N–H and O–H groups in total. The van der Waals surface area contributed by atoms with Gasteiger partial charge in [0.15, 0.2) is 23.9 Å². The molecule has 3 rings (SSSR count). The van der Waals surface area contributed by atoms with Gasteiger partial charge in [0, 0.05) is 19.0 Å². The van der Waals surface area contributed by atoms with Crippen LogP contribution in [0.2, 0.25) is 5.02 Å². The molecule has 1 aliphatic rings. The lowest BCUT2D eigenvalue weighted by Crippen LogP contribution is -2.09. The summed E-state index contributed by atoms with van der Waals surface area (Å²) in [5.74, 6) is 1.11. The van der Waals surface area contributed by atoms with Crippen molar-refractivity contribution in [2.45, 2.75) is 32.9 Å². The molecule has 9 heteroatoms. The van der Waals surface area contributed by atoms with Gasteiger partial charge in [-0.3, -0.25) is 0 Å². The van der Waals surface area contributed by atoms with E-state index < -0.39 is 5.97 Å². The Morgan fingerprint density at radius 3 is 3.08 bits per heavy atom. The smallest absolute Gasteiger partial charge is 0.331 e. The van der Waals surface area contributed by atoms with E-state index in [4.69, 9.17) is 25.8 Å². The standard InChI is InChI=1S/C17H19ClN4O4/c1-2-6-22-15(19-20-21-22)11-26-16(23)5-4-12-9-13(18)17-14(10-12)24-7-3-8-25-17/h4-5,9-10H,2-3,6-8,11H2,1H3/b5-4+. The Kier molecular flexibility index (Phi) is 6.06. The van der Waals surface area contributed by atoms with Gasteiger partial charge >= 0.3 is 5.97 Å². The minimum Gasteiger partial charge on any atom is -0.489 e. The van der Waals surface area contributed by atoms with Gasteiger partial charge in [-0.1, -0.05) is 18.5 Å². The summed E-state index contributed by atoms with van der Waals surface area (Å²) in [5.41, 5.74) is 0.715. The summed E-state index contributed by atoms with van der Waals surface area (Å²) in [6.45, 7) is 3.82. The van der Waals surface area contributed by atoms with Gasteiger partial charge in [-0.05, 0) is 40.6 Å². The fraction of sp³-hybridized carbons (Fsp3) is 0.412. The zero-order valence-corrected chi connectivity index (χ0v) is 15.1. The maximum Gasteiger partial charge on any atom is 0.331 e. The first kappa shape index (κ1) is 18.2. The Balaban J connectivity index is 1.62. The number of hydrogen-bond donors (Lipinski definition) is 0. The molecular formula is C17H19ClN4O4. The van der Waals surface area contributed by atoms with Gasteiger partial charge in [-0.25, -0.2) is 9.48 Å². The highest BCUT2D eigenvalue weighted by Gasteiger charge is 2.15. The maximum atomic E-state index is 11.9. The van der Waals surface area contributed by atoms with Crippen molar-refractivity contribution in [2.75, 3.05) is 13.2 Å². The number of aryl methyl sites for hydroxylation is 1. The predicted octanol–water partition coefficient (Wildman–Crippen LogP) is 2.65. The third-order valence-electron chi connectivity index (χ3n) is 3.62. The van der Waals surface area contributed by atoms with E-state index in [1.807, 2.05) is 6.92 Å². The van der Waals surface area contributed by atoms with E-state index in [0.717, 1.165) is 12.8 Å². The molecule has 0 unspecified atom stereocenters. The summed E-state index contributed by atoms with van der Waals surface area (Å²) in [5, 5.41) is 11.7. The van der Waals surface area contributed by atoms with E-state index in [0.29, 0.717) is 47.7 Å². The molecule has 0 spiro atoms. The number of benzene rings is 1. The second-order valence-corrected chi connectivity index (χ2v) is 6.05. The van der Waals surface area contributed by atoms with Gasteiger partial charge in [0.1, 0.15) is 0 Å². The Morgan fingerprint density at radius 2 is 2.23 bits per heavy atom. The van der Waals surface area contributed by atoms with Crippen LogP contribution in [0.3, 0.4) is 0 Å². The molecule has 0 saturated carbocycles. The van der Waals surface area contributed by atoms with Crippen LogP contribution in [0.1, 0.15) is 31.2 Å². The molecule has 1 aromatic heterocycles. The summed E-state index contributed by atoms with van der Waals surface area (Å²) >= 11 is 6.23. The zero-order valence-electron chi connectivity index (χ0n) is 14.4. The number of ether oxygens (including phenoxy) is 3. The van der Waals surface area contributed by atoms with Crippen molar-refractivity contribution in [3.05, 3.63) is 34.6 Å². The molecule has 26 heavy (non-hydrogen) atoms. The van der Waals surface area contributed by atoms with Gasteiger partial charge in [0.05, 0.1) is 18.2 Å². The first-order chi connectivity index (χ1) is 12.7. The normalized spacial score (nSPS) is 13.6. The highest BCUT2D eigenvalue weighted by atomic mass is 35.5. The van der Waals surface area contributed by atoms with Crippen LogP contribution in [-0.4, -0.2) is 39.4 Å². The van der Waals surface area contributed by atoms with Gasteiger partial charge in [0.25, 0.3) is 0 Å². The van der Waals surface area contributed by atoms with E-state index in [9.17, 15) is 4.79 Å². The number of fused-ring (bicyclic) bond motifs is 1. The van der Waals surface area contributed by atoms with Crippen molar-refractivity contribution in [1.82, 2.24) is 20.2 Å². The number of carbonyl (C=O) groups is 1. The number of rotatable bonds is 6. The SMILES string of the molecule is CCCn1nnnc1COC(=O)/C=C/c1cc(Cl)c2c(c1)OCCCO2. The third-order valence-corrected chi connectivity index (χ3v) is 3.90. The van der Waals surface area contributed by atoms with Gasteiger partial charge in [-0.15, -0.1) is 5.10 Å². The van der Waals surface area contributed by atoms with Crippen LogP contribution < -0.4 is 9.47 Å². The van der Waals surface area contributed by atoms with E-state index in [1.54, 1.807) is 22.9 Å². The molecule has 0 bridgehead atoms. The quantitative estimate of drug-likeness (QED) is 0.564. The number of tetrazole rings is 1. The average Bonchev–Trinajstić information content (AvgIpc) is 2.92. The van der Waals surface area contributed by atoms with Crippen molar-refractivity contribution in [1.29, 1.82) is 0 Å². The number of carbonyl (C=O) groups excluding carboxylic acids is 1. The first-order valence-electron chi connectivity index (χ1n) is 8.36. The van der Waals surface area contributed by atoms with Crippen LogP contribution >= 0.6 is 11.6 Å². The van der Waals surface area contributed by atoms with E-state index in [2.05, 4.69) is 15.5 Å². The molecule has 2 heterocycles. The van der Waals surface area contributed by atoms with Crippen LogP contribution in [0.4, 0.5) is 0 Å². The molecule has 0 saturated heterocycles. The van der Waals surface area contributed by atoms with E-state index in [-0.39, 0.29) is 6.61 Å². The Morgan fingerprint density at radius 1 is 1.38 bits per heavy atom. The van der Waals surface area contributed by atoms with Crippen LogP contribution in [0.25, 0.3) is 6.08 Å². The maximum absolute atomic E-state index is 11.9. The highest BCUT2D eigenvalue weighted by Crippen LogP contribution is 2.38. The number of hydrogen-bond acceptors (Lipinski definition) is 7. The Labute approximate surface area is 155 Å². The van der Waals surface area contributed by atoms with Crippen LogP contribution in [0.15, 0.2) is 18.2 Å². The first-order valence-corrected chi connectivity index (χ1v) is 8.74. The van der Waals surface area contributed by atoms with Gasteiger partial charge in [-0.2, -0.15) is 0 Å².